The second-order valence-electron chi connectivity index (χ2n) is 5.70. The molecule has 0 fully saturated rings. The van der Waals surface area contributed by atoms with Crippen LogP contribution >= 0.6 is 0 Å². The van der Waals surface area contributed by atoms with Gasteiger partial charge in [0.2, 0.25) is 0 Å². The van der Waals surface area contributed by atoms with E-state index in [0.29, 0.717) is 35.1 Å². The molecule has 1 atom stereocenters. The van der Waals surface area contributed by atoms with E-state index >= 15 is 0 Å². The summed E-state index contributed by atoms with van der Waals surface area (Å²) in [6.07, 6.45) is 1.09. The average molecular weight is 278 g/mol. The van der Waals surface area contributed by atoms with Gasteiger partial charge in [-0.05, 0) is 42.2 Å². The molecule has 0 saturated carbocycles. The quantitative estimate of drug-likeness (QED) is 0.805. The van der Waals surface area contributed by atoms with Gasteiger partial charge in [0, 0.05) is 22.3 Å². The Morgan fingerprint density at radius 1 is 0.952 bits per heavy atom. The first-order chi connectivity index (χ1) is 10.2. The first-order valence-corrected chi connectivity index (χ1v) is 7.20. The summed E-state index contributed by atoms with van der Waals surface area (Å²) in [5.74, 6) is -0.276. The summed E-state index contributed by atoms with van der Waals surface area (Å²) in [6, 6.07) is 11.3. The Kier molecular flexibility index (Phi) is 2.59. The Labute approximate surface area is 121 Å². The van der Waals surface area contributed by atoms with E-state index in [1.807, 2.05) is 24.3 Å². The van der Waals surface area contributed by atoms with Gasteiger partial charge in [-0.15, -0.1) is 0 Å². The highest BCUT2D eigenvalue weighted by atomic mass is 16.3. The number of ketones is 2. The summed E-state index contributed by atoms with van der Waals surface area (Å²) in [5, 5.41) is 12.0. The van der Waals surface area contributed by atoms with Crippen molar-refractivity contribution in [3.8, 4) is 0 Å². The zero-order chi connectivity index (χ0) is 14.6. The van der Waals surface area contributed by atoms with Crippen molar-refractivity contribution in [3.63, 3.8) is 0 Å². The lowest BCUT2D eigenvalue weighted by Crippen LogP contribution is -2.31. The number of hydrogen-bond donors (Lipinski definition) is 1. The summed E-state index contributed by atoms with van der Waals surface area (Å²) in [4.78, 5) is 25.3. The standard InChI is InChI=1S/C18H14O3/c19-15-7-3-6-12-16(15)18(21)14-9-11-5-2-1-4-10(11)8-13(14)17(12)20/h1-2,4-5,8-9,15,19H,3,6-7H2. The molecule has 2 aliphatic carbocycles. The number of hydrogen-bond acceptors (Lipinski definition) is 3. The summed E-state index contributed by atoms with van der Waals surface area (Å²) in [7, 11) is 0. The van der Waals surface area contributed by atoms with Crippen molar-refractivity contribution in [2.24, 2.45) is 0 Å². The molecule has 0 aromatic heterocycles. The van der Waals surface area contributed by atoms with Crippen LogP contribution in [0.4, 0.5) is 0 Å². The van der Waals surface area contributed by atoms with Gasteiger partial charge >= 0.3 is 0 Å². The summed E-state index contributed by atoms with van der Waals surface area (Å²) in [6.45, 7) is 0. The number of rotatable bonds is 0. The highest BCUT2D eigenvalue weighted by Crippen LogP contribution is 2.36. The van der Waals surface area contributed by atoms with Gasteiger partial charge in [-0.3, -0.25) is 9.59 Å². The van der Waals surface area contributed by atoms with Crippen molar-refractivity contribution in [2.75, 3.05) is 0 Å². The predicted molar refractivity (Wildman–Crippen MR) is 79.5 cm³/mol. The maximum Gasteiger partial charge on any atom is 0.192 e. The van der Waals surface area contributed by atoms with E-state index in [1.54, 1.807) is 12.1 Å². The molecule has 2 aromatic carbocycles. The van der Waals surface area contributed by atoms with Crippen LogP contribution in [0.3, 0.4) is 0 Å². The van der Waals surface area contributed by atoms with Crippen LogP contribution in [0, 0.1) is 0 Å². The van der Waals surface area contributed by atoms with Crippen LogP contribution in [-0.2, 0) is 0 Å². The van der Waals surface area contributed by atoms with Crippen molar-refractivity contribution in [1.82, 2.24) is 0 Å². The molecule has 0 heterocycles. The minimum Gasteiger partial charge on any atom is -0.388 e. The normalized spacial score (nSPS) is 21.5. The first-order valence-electron chi connectivity index (χ1n) is 7.20. The molecule has 0 amide bonds. The second kappa shape index (κ2) is 4.37. The fourth-order valence-electron chi connectivity index (χ4n) is 3.40. The SMILES string of the molecule is O=C1C2=C(C(=O)c3cc4ccccc4cc31)C(O)CCC2. The molecule has 3 heteroatoms. The third kappa shape index (κ3) is 1.71. The van der Waals surface area contributed by atoms with Crippen molar-refractivity contribution < 1.29 is 14.7 Å². The highest BCUT2D eigenvalue weighted by Gasteiger charge is 2.37. The maximum absolute atomic E-state index is 12.7. The van der Waals surface area contributed by atoms with Gasteiger partial charge in [-0.2, -0.15) is 0 Å². The molecular formula is C18H14O3. The summed E-state index contributed by atoms with van der Waals surface area (Å²) in [5.41, 5.74) is 1.75. The molecule has 2 aromatic rings. The molecule has 3 nitrogen and oxygen atoms in total. The molecule has 21 heavy (non-hydrogen) atoms. The molecule has 1 N–H and O–H groups in total. The van der Waals surface area contributed by atoms with E-state index < -0.39 is 6.10 Å². The van der Waals surface area contributed by atoms with Gasteiger partial charge in [0.25, 0.3) is 0 Å². The van der Waals surface area contributed by atoms with Crippen LogP contribution in [0.5, 0.6) is 0 Å². The largest absolute Gasteiger partial charge is 0.388 e. The third-order valence-electron chi connectivity index (χ3n) is 4.46. The molecule has 0 bridgehead atoms. The number of allylic oxidation sites excluding steroid dienone is 1. The van der Waals surface area contributed by atoms with Gasteiger partial charge in [0.15, 0.2) is 11.6 Å². The molecule has 4 rings (SSSR count). The Bertz CT molecular complexity index is 829. The van der Waals surface area contributed by atoms with Gasteiger partial charge in [-0.1, -0.05) is 24.3 Å². The fraction of sp³-hybridized carbons (Fsp3) is 0.222. The van der Waals surface area contributed by atoms with Crippen molar-refractivity contribution in [1.29, 1.82) is 0 Å². The number of aliphatic hydroxyl groups is 1. The van der Waals surface area contributed by atoms with E-state index in [4.69, 9.17) is 0 Å². The van der Waals surface area contributed by atoms with Crippen LogP contribution in [-0.4, -0.2) is 22.8 Å². The predicted octanol–water partition coefficient (Wildman–Crippen LogP) is 3.06. The topological polar surface area (TPSA) is 54.4 Å². The molecular weight excluding hydrogens is 264 g/mol. The minimum absolute atomic E-state index is 0.0934. The van der Waals surface area contributed by atoms with Crippen molar-refractivity contribution in [3.05, 3.63) is 58.7 Å². The number of fused-ring (bicyclic) bond motifs is 2. The lowest BCUT2D eigenvalue weighted by Gasteiger charge is -2.28. The molecule has 0 aliphatic heterocycles. The number of benzene rings is 2. The fourth-order valence-corrected chi connectivity index (χ4v) is 3.40. The van der Waals surface area contributed by atoms with Crippen LogP contribution in [0.15, 0.2) is 47.5 Å². The van der Waals surface area contributed by atoms with E-state index in [9.17, 15) is 14.7 Å². The molecule has 2 aliphatic rings. The Balaban J connectivity index is 2.00. The highest BCUT2D eigenvalue weighted by molar-refractivity contribution is 6.28. The van der Waals surface area contributed by atoms with Crippen LogP contribution in [0.25, 0.3) is 10.8 Å². The van der Waals surface area contributed by atoms with Gasteiger partial charge < -0.3 is 5.11 Å². The molecule has 0 saturated heterocycles. The van der Waals surface area contributed by atoms with Crippen molar-refractivity contribution in [2.45, 2.75) is 25.4 Å². The monoisotopic (exact) mass is 278 g/mol. The second-order valence-corrected chi connectivity index (χ2v) is 5.70. The van der Waals surface area contributed by atoms with Gasteiger partial charge in [-0.25, -0.2) is 0 Å². The van der Waals surface area contributed by atoms with E-state index in [2.05, 4.69) is 0 Å². The Hall–Kier alpha value is -2.26. The Morgan fingerprint density at radius 3 is 2.24 bits per heavy atom. The zero-order valence-corrected chi connectivity index (χ0v) is 11.4. The molecule has 0 radical (unpaired) electrons. The average Bonchev–Trinajstić information content (AvgIpc) is 2.51. The number of aliphatic hydroxyl groups excluding tert-OH is 1. The number of carbonyl (C=O) groups excluding carboxylic acids is 2. The van der Waals surface area contributed by atoms with Crippen LogP contribution < -0.4 is 0 Å². The molecule has 1 unspecified atom stereocenters. The van der Waals surface area contributed by atoms with Crippen molar-refractivity contribution >= 4 is 22.3 Å². The smallest absolute Gasteiger partial charge is 0.192 e. The summed E-state index contributed by atoms with van der Waals surface area (Å²) < 4.78 is 0. The Morgan fingerprint density at radius 2 is 1.57 bits per heavy atom. The minimum atomic E-state index is -0.801. The van der Waals surface area contributed by atoms with Gasteiger partial charge in [0.05, 0.1) is 6.10 Å². The first kappa shape index (κ1) is 12.5. The summed E-state index contributed by atoms with van der Waals surface area (Å²) >= 11 is 0. The molecule has 0 spiro atoms. The lowest BCUT2D eigenvalue weighted by atomic mass is 9.75. The van der Waals surface area contributed by atoms with E-state index in [0.717, 1.165) is 17.2 Å². The van der Waals surface area contributed by atoms with Gasteiger partial charge in [0.1, 0.15) is 0 Å². The van der Waals surface area contributed by atoms with E-state index in [-0.39, 0.29) is 11.6 Å². The zero-order valence-electron chi connectivity index (χ0n) is 11.4. The third-order valence-corrected chi connectivity index (χ3v) is 4.46. The van der Waals surface area contributed by atoms with Crippen LogP contribution in [0.2, 0.25) is 0 Å². The number of carbonyl (C=O) groups is 2. The van der Waals surface area contributed by atoms with Crippen LogP contribution in [0.1, 0.15) is 40.0 Å². The lowest BCUT2D eigenvalue weighted by molar-refractivity contribution is 0.0914. The van der Waals surface area contributed by atoms with E-state index in [1.165, 1.54) is 0 Å². The molecule has 104 valence electrons. The number of Topliss-reactive ketones (excluding diaryl/α,β-unsaturated/α-hetero) is 2. The maximum atomic E-state index is 12.7.